The van der Waals surface area contributed by atoms with Crippen LogP contribution in [0.1, 0.15) is 228 Å². The molecule has 4 aromatic heterocycles. The van der Waals surface area contributed by atoms with Crippen LogP contribution in [-0.4, -0.2) is 80.0 Å². The third-order valence-electron chi connectivity index (χ3n) is 8.90. The Morgan fingerprint density at radius 1 is 0.338 bits per heavy atom. The maximum absolute atomic E-state index is 4.72. The van der Waals surface area contributed by atoms with E-state index in [1.165, 1.54) is 79.8 Å². The SMILES string of the molecule is CC.CC.CC.CC.CC.CC.CC.CC.CC.CC.CC1CCN(C)C1.CC1CCN(C)CC1.Cc1ccc(C)cc1.Cc1ccc(C)nc1.Cc1ccc(C)nc1.Cc1cnc(C)cn1.Cc1cnc(C)nc1.[CH-]=CC=[CH-].[Y]. The van der Waals surface area contributed by atoms with Crippen LogP contribution in [0.4, 0.5) is 0 Å². The molecule has 1 atom stereocenters. The number of aromatic nitrogens is 6. The van der Waals surface area contributed by atoms with Gasteiger partial charge in [-0.05, 0) is 163 Å². The average Bonchev–Trinajstić information content (AvgIpc) is 3.91. The van der Waals surface area contributed by atoms with E-state index in [4.69, 9.17) is 13.2 Å². The molecule has 6 heterocycles. The summed E-state index contributed by atoms with van der Waals surface area (Å²) in [6, 6.07) is 16.6. The van der Waals surface area contributed by atoms with Gasteiger partial charge in [-0.15, -0.1) is 0 Å². The van der Waals surface area contributed by atoms with Gasteiger partial charge in [-0.25, -0.2) is 9.97 Å². The number of benzene rings is 1. The van der Waals surface area contributed by atoms with E-state index in [-0.39, 0.29) is 32.7 Å². The third-order valence-corrected chi connectivity index (χ3v) is 8.90. The number of nitrogens with zero attached hydrogens (tertiary/aromatic N) is 8. The molecule has 0 aliphatic carbocycles. The topological polar surface area (TPSA) is 83.8 Å². The van der Waals surface area contributed by atoms with Gasteiger partial charge in [0.2, 0.25) is 0 Å². The molecule has 0 amide bonds. The van der Waals surface area contributed by atoms with Crippen LogP contribution in [0.5, 0.6) is 0 Å². The molecule has 1 radical (unpaired) electrons. The monoisotopic (exact) mass is 1190 g/mol. The minimum absolute atomic E-state index is 0. The number of likely N-dealkylation sites (tertiary alicyclic amines) is 2. The molecule has 8 nitrogen and oxygen atoms in total. The van der Waals surface area contributed by atoms with E-state index < -0.39 is 0 Å². The fourth-order valence-corrected chi connectivity index (χ4v) is 4.93. The Morgan fingerprint density at radius 3 is 0.762 bits per heavy atom. The van der Waals surface area contributed by atoms with Crippen molar-refractivity contribution in [3.05, 3.63) is 167 Å². The zero-order chi connectivity index (χ0) is 64.6. The fourth-order valence-electron chi connectivity index (χ4n) is 4.93. The van der Waals surface area contributed by atoms with Crippen LogP contribution in [0.25, 0.3) is 0 Å². The van der Waals surface area contributed by atoms with Gasteiger partial charge in [0.05, 0.1) is 11.4 Å². The largest absolute Gasteiger partial charge is 0.394 e. The van der Waals surface area contributed by atoms with Gasteiger partial charge >= 0.3 is 0 Å². The van der Waals surface area contributed by atoms with Gasteiger partial charge in [0, 0.05) is 87.8 Å². The molecule has 0 spiro atoms. The second-order valence-corrected chi connectivity index (χ2v) is 15.7. The molecule has 7 rings (SSSR count). The van der Waals surface area contributed by atoms with Gasteiger partial charge in [-0.2, -0.15) is 0 Å². The summed E-state index contributed by atoms with van der Waals surface area (Å²) in [5, 5.41) is 0. The molecule has 465 valence electrons. The molecule has 0 saturated carbocycles. The van der Waals surface area contributed by atoms with Crippen LogP contribution in [0.15, 0.2) is 97.9 Å². The Kier molecular flexibility index (Phi) is 120. The molecule has 2 aliphatic rings. The van der Waals surface area contributed by atoms with E-state index in [0.29, 0.717) is 0 Å². The first-order valence-electron chi connectivity index (χ1n) is 30.7. The molecule has 0 N–H and O–H groups in total. The van der Waals surface area contributed by atoms with Crippen molar-refractivity contribution < 1.29 is 32.7 Å². The zero-order valence-electron chi connectivity index (χ0n) is 59.7. The number of hydrogen-bond donors (Lipinski definition) is 0. The number of aryl methyl sites for hydroxylation is 10. The number of piperidine rings is 1. The Balaban J connectivity index is -0.0000000633. The third kappa shape index (κ3) is 90.7. The van der Waals surface area contributed by atoms with Crippen LogP contribution in [0.2, 0.25) is 0 Å². The van der Waals surface area contributed by atoms with Crippen molar-refractivity contribution in [3.63, 3.8) is 0 Å². The van der Waals surface area contributed by atoms with Crippen LogP contribution in [0, 0.1) is 94.2 Å². The van der Waals surface area contributed by atoms with E-state index in [1.54, 1.807) is 12.4 Å². The van der Waals surface area contributed by atoms with Crippen LogP contribution >= 0.6 is 0 Å². The van der Waals surface area contributed by atoms with Crippen LogP contribution in [-0.2, 0) is 32.7 Å². The second-order valence-electron chi connectivity index (χ2n) is 15.7. The van der Waals surface area contributed by atoms with Gasteiger partial charge in [-0.1, -0.05) is 200 Å². The van der Waals surface area contributed by atoms with Gasteiger partial charge < -0.3 is 35.1 Å². The Morgan fingerprint density at radius 2 is 0.588 bits per heavy atom. The predicted molar refractivity (Wildman–Crippen MR) is 365 cm³/mol. The molecule has 2 aliphatic heterocycles. The number of hydrogen-bond acceptors (Lipinski definition) is 8. The van der Waals surface area contributed by atoms with Gasteiger partial charge in [0.25, 0.3) is 0 Å². The molecule has 5 aromatic rings. The zero-order valence-corrected chi connectivity index (χ0v) is 62.5. The minimum Gasteiger partial charge on any atom is -0.394 e. The van der Waals surface area contributed by atoms with Crippen LogP contribution in [0.3, 0.4) is 0 Å². The van der Waals surface area contributed by atoms with Crippen molar-refractivity contribution in [2.75, 3.05) is 40.3 Å². The summed E-state index contributed by atoms with van der Waals surface area (Å²) >= 11 is 0. The molecule has 1 aromatic carbocycles. The molecule has 2 saturated heterocycles. The fraction of sp³-hybridized carbons (Fsp3) is 0.606. The quantitative estimate of drug-likeness (QED) is 0.121. The standard InChI is InChI=1S/C8H10.C7H15N.2C7H9N.2C6H8N2.C6H13N.C4H4.10C2H6.Y/c2*1-7-3-5-8(2)6-4-7;2*1-6-3-4-7(2)8-5-6;1-5-3-8-6(2)4-7-5;1-5-3-7-6(2)8-4-5;1-6-3-4-7(2)5-6;1-3-4-2;10*1-2;/h3-6H,1-2H3;7H,3-6H2,1-2H3;2*3-5H,1-2H3;2*3-4H,1-2H3;6H,3-5H2,1-2H3;1-4H;10*1-2H3;/q;;;;;;;-2;;;;;;;;;;;. The van der Waals surface area contributed by atoms with E-state index in [2.05, 4.69) is 118 Å². The molecule has 2 fully saturated rings. The number of rotatable bonds is 1. The van der Waals surface area contributed by atoms with Gasteiger partial charge in [0.1, 0.15) is 5.82 Å². The molecule has 0 bridgehead atoms. The smallest absolute Gasteiger partial charge is 0.125 e. The van der Waals surface area contributed by atoms with Gasteiger partial charge in [-0.3, -0.25) is 19.9 Å². The van der Waals surface area contributed by atoms with Crippen molar-refractivity contribution in [1.29, 1.82) is 0 Å². The average molecular weight is 1190 g/mol. The Labute approximate surface area is 529 Å². The predicted octanol–water partition coefficient (Wildman–Crippen LogP) is 21.4. The maximum atomic E-state index is 4.72. The van der Waals surface area contributed by atoms with Gasteiger partial charge in [0.15, 0.2) is 0 Å². The normalized spacial score (nSPS) is 11.2. The van der Waals surface area contributed by atoms with Crippen molar-refractivity contribution >= 4 is 0 Å². The number of pyridine rings is 2. The summed E-state index contributed by atoms with van der Waals surface area (Å²) in [4.78, 5) is 28.9. The van der Waals surface area contributed by atoms with Crippen molar-refractivity contribution in [3.8, 4) is 0 Å². The van der Waals surface area contributed by atoms with Crippen molar-refractivity contribution in [2.24, 2.45) is 11.8 Å². The van der Waals surface area contributed by atoms with E-state index in [0.717, 1.165) is 46.0 Å². The maximum Gasteiger partial charge on any atom is 0.125 e. The summed E-state index contributed by atoms with van der Waals surface area (Å²) in [5.41, 5.74) is 10.3. The van der Waals surface area contributed by atoms with Crippen LogP contribution < -0.4 is 0 Å². The molecular weight excluding hydrogens is 1050 g/mol. The molecule has 1 unspecified atom stereocenters. The summed E-state index contributed by atoms with van der Waals surface area (Å²) in [6.07, 6.45) is 17.6. The first-order valence-corrected chi connectivity index (χ1v) is 30.7. The van der Waals surface area contributed by atoms with Crippen molar-refractivity contribution in [2.45, 2.75) is 241 Å². The number of allylic oxidation sites excluding steroid dienone is 2. The summed E-state index contributed by atoms with van der Waals surface area (Å²) < 4.78 is 0. The molecular formula is C71H136N8Y-2. The van der Waals surface area contributed by atoms with Crippen molar-refractivity contribution in [1.82, 2.24) is 39.7 Å². The summed E-state index contributed by atoms with van der Waals surface area (Å²) in [6.45, 7) is 79.2. The first-order chi connectivity index (χ1) is 37.9. The van der Waals surface area contributed by atoms with E-state index in [9.17, 15) is 0 Å². The molecule has 9 heteroatoms. The van der Waals surface area contributed by atoms with E-state index in [1.807, 2.05) is 231 Å². The summed E-state index contributed by atoms with van der Waals surface area (Å²) in [7, 11) is 4.38. The molecule has 80 heavy (non-hydrogen) atoms. The second kappa shape index (κ2) is 91.7. The Bertz CT molecular complexity index is 1370. The first kappa shape index (κ1) is 105. The van der Waals surface area contributed by atoms with E-state index >= 15 is 0 Å². The minimum atomic E-state index is 0. The Hall–Kier alpha value is -3.82. The summed E-state index contributed by atoms with van der Waals surface area (Å²) in [5.74, 6) is 2.76.